The van der Waals surface area contributed by atoms with Crippen LogP contribution in [0.25, 0.3) is 0 Å². The Bertz CT molecular complexity index is 324. The molecule has 0 fully saturated rings. The first-order valence-electron chi connectivity index (χ1n) is 3.52. The largest absolute Gasteiger partial charge is 0.508 e. The molecule has 1 amide bonds. The SMILES string of the molecule is NC(=O)OCc1ccc(O)cc1O. The Hall–Kier alpha value is -1.91. The highest BCUT2D eigenvalue weighted by molar-refractivity contribution is 5.64. The molecule has 0 atom stereocenters. The van der Waals surface area contributed by atoms with E-state index in [1.165, 1.54) is 12.1 Å². The molecule has 0 aliphatic carbocycles. The van der Waals surface area contributed by atoms with Crippen LogP contribution in [-0.4, -0.2) is 16.3 Å². The highest BCUT2D eigenvalue weighted by Gasteiger charge is 2.03. The van der Waals surface area contributed by atoms with Gasteiger partial charge in [0.2, 0.25) is 0 Å². The summed E-state index contributed by atoms with van der Waals surface area (Å²) in [6.45, 7) is -0.110. The molecule has 5 nitrogen and oxygen atoms in total. The van der Waals surface area contributed by atoms with Gasteiger partial charge in [0, 0.05) is 11.6 Å². The van der Waals surface area contributed by atoms with E-state index in [1.54, 1.807) is 0 Å². The van der Waals surface area contributed by atoms with Crippen molar-refractivity contribution in [2.75, 3.05) is 0 Å². The highest BCUT2D eigenvalue weighted by Crippen LogP contribution is 2.22. The van der Waals surface area contributed by atoms with Crippen LogP contribution in [0.5, 0.6) is 11.5 Å². The average Bonchev–Trinajstić information content (AvgIpc) is 2.02. The fourth-order valence-electron chi connectivity index (χ4n) is 0.823. The maximum absolute atomic E-state index is 10.2. The molecule has 0 aromatic heterocycles. The molecule has 1 aromatic rings. The third-order valence-electron chi connectivity index (χ3n) is 1.44. The third-order valence-corrected chi connectivity index (χ3v) is 1.44. The number of benzene rings is 1. The topological polar surface area (TPSA) is 92.8 Å². The van der Waals surface area contributed by atoms with Crippen molar-refractivity contribution in [1.29, 1.82) is 0 Å². The van der Waals surface area contributed by atoms with Crippen molar-refractivity contribution in [2.45, 2.75) is 6.61 Å². The molecule has 0 spiro atoms. The van der Waals surface area contributed by atoms with E-state index in [9.17, 15) is 9.90 Å². The maximum Gasteiger partial charge on any atom is 0.404 e. The van der Waals surface area contributed by atoms with E-state index in [4.69, 9.17) is 10.8 Å². The van der Waals surface area contributed by atoms with Gasteiger partial charge in [-0.25, -0.2) is 4.79 Å². The van der Waals surface area contributed by atoms with Gasteiger partial charge in [-0.1, -0.05) is 0 Å². The van der Waals surface area contributed by atoms with Gasteiger partial charge in [0.1, 0.15) is 18.1 Å². The quantitative estimate of drug-likeness (QED) is 0.628. The zero-order valence-electron chi connectivity index (χ0n) is 6.73. The fourth-order valence-corrected chi connectivity index (χ4v) is 0.823. The summed E-state index contributed by atoms with van der Waals surface area (Å²) in [5.74, 6) is -0.193. The van der Waals surface area contributed by atoms with Gasteiger partial charge in [0.05, 0.1) is 0 Å². The molecular formula is C8H9NO4. The first-order chi connectivity index (χ1) is 6.09. The standard InChI is InChI=1S/C8H9NO4/c9-8(12)13-4-5-1-2-6(10)3-7(5)11/h1-3,10-11H,4H2,(H2,9,12). The second-order valence-electron chi connectivity index (χ2n) is 2.42. The first kappa shape index (κ1) is 9.18. The Morgan fingerprint density at radius 3 is 2.69 bits per heavy atom. The highest BCUT2D eigenvalue weighted by atomic mass is 16.5. The minimum absolute atomic E-state index is 0.0553. The zero-order valence-corrected chi connectivity index (χ0v) is 6.73. The summed E-state index contributed by atoms with van der Waals surface area (Å²) in [5.41, 5.74) is 5.11. The second-order valence-corrected chi connectivity index (χ2v) is 2.42. The molecule has 0 aliphatic rings. The molecule has 5 heteroatoms. The first-order valence-corrected chi connectivity index (χ1v) is 3.52. The van der Waals surface area contributed by atoms with Gasteiger partial charge in [0.15, 0.2) is 0 Å². The number of phenolic OH excluding ortho intramolecular Hbond substituents is 2. The van der Waals surface area contributed by atoms with Crippen molar-refractivity contribution in [3.05, 3.63) is 23.8 Å². The van der Waals surface area contributed by atoms with Crippen LogP contribution in [0.3, 0.4) is 0 Å². The molecule has 13 heavy (non-hydrogen) atoms. The monoisotopic (exact) mass is 183 g/mol. The van der Waals surface area contributed by atoms with Gasteiger partial charge in [0.25, 0.3) is 0 Å². The van der Waals surface area contributed by atoms with Gasteiger partial charge in [-0.15, -0.1) is 0 Å². The molecule has 0 saturated heterocycles. The molecule has 0 radical (unpaired) electrons. The normalized spacial score (nSPS) is 9.54. The number of carbonyl (C=O) groups excluding carboxylic acids is 1. The van der Waals surface area contributed by atoms with E-state index in [-0.39, 0.29) is 18.1 Å². The summed E-state index contributed by atoms with van der Waals surface area (Å²) in [7, 11) is 0. The van der Waals surface area contributed by atoms with E-state index in [0.717, 1.165) is 6.07 Å². The lowest BCUT2D eigenvalue weighted by molar-refractivity contribution is 0.149. The number of nitrogens with two attached hydrogens (primary N) is 1. The van der Waals surface area contributed by atoms with Crippen LogP contribution in [0.4, 0.5) is 4.79 Å². The van der Waals surface area contributed by atoms with Gasteiger partial charge < -0.3 is 20.7 Å². The minimum Gasteiger partial charge on any atom is -0.508 e. The van der Waals surface area contributed by atoms with Gasteiger partial charge >= 0.3 is 6.09 Å². The molecule has 70 valence electrons. The van der Waals surface area contributed by atoms with Crippen molar-refractivity contribution in [3.8, 4) is 11.5 Å². The summed E-state index contributed by atoms with van der Waals surface area (Å²) < 4.78 is 4.45. The Morgan fingerprint density at radius 2 is 2.15 bits per heavy atom. The predicted octanol–water partition coefficient (Wildman–Crippen LogP) is 0.693. The van der Waals surface area contributed by atoms with Crippen LogP contribution in [0, 0.1) is 0 Å². The number of aromatic hydroxyl groups is 2. The Morgan fingerprint density at radius 1 is 1.46 bits per heavy atom. The molecule has 0 saturated carbocycles. The van der Waals surface area contributed by atoms with E-state index in [1.807, 2.05) is 0 Å². The summed E-state index contributed by atoms with van der Waals surface area (Å²) in [6.07, 6.45) is -0.910. The third kappa shape index (κ3) is 2.55. The number of ether oxygens (including phenoxy) is 1. The van der Waals surface area contributed by atoms with Crippen LogP contribution in [0.15, 0.2) is 18.2 Å². The summed E-state index contributed by atoms with van der Waals surface area (Å²) >= 11 is 0. The van der Waals surface area contributed by atoms with Crippen LogP contribution < -0.4 is 5.73 Å². The van der Waals surface area contributed by atoms with Crippen LogP contribution in [-0.2, 0) is 11.3 Å². The number of phenols is 2. The van der Waals surface area contributed by atoms with E-state index < -0.39 is 6.09 Å². The number of hydrogen-bond acceptors (Lipinski definition) is 4. The summed E-state index contributed by atoms with van der Waals surface area (Å²) in [5, 5.41) is 18.1. The predicted molar refractivity (Wildman–Crippen MR) is 44.1 cm³/mol. The minimum atomic E-state index is -0.910. The number of primary amides is 1. The second kappa shape index (κ2) is 3.66. The van der Waals surface area contributed by atoms with E-state index in [0.29, 0.717) is 5.56 Å². The van der Waals surface area contributed by atoms with Gasteiger partial charge in [-0.05, 0) is 12.1 Å². The number of carbonyl (C=O) groups is 1. The number of amides is 1. The van der Waals surface area contributed by atoms with Crippen LogP contribution in [0.2, 0.25) is 0 Å². The Balaban J connectivity index is 2.72. The Labute approximate surface area is 74.4 Å². The van der Waals surface area contributed by atoms with Crippen molar-refractivity contribution >= 4 is 6.09 Å². The molecule has 0 unspecified atom stereocenters. The molecule has 0 bridgehead atoms. The zero-order chi connectivity index (χ0) is 9.84. The Kier molecular flexibility index (Phi) is 2.59. The summed E-state index contributed by atoms with van der Waals surface area (Å²) in [4.78, 5) is 10.2. The lowest BCUT2D eigenvalue weighted by atomic mass is 10.2. The van der Waals surface area contributed by atoms with Crippen molar-refractivity contribution in [3.63, 3.8) is 0 Å². The fraction of sp³-hybridized carbons (Fsp3) is 0.125. The van der Waals surface area contributed by atoms with Crippen LogP contribution >= 0.6 is 0 Å². The molecule has 0 heterocycles. The molecule has 1 rings (SSSR count). The van der Waals surface area contributed by atoms with Crippen molar-refractivity contribution in [1.82, 2.24) is 0 Å². The molecule has 4 N–H and O–H groups in total. The van der Waals surface area contributed by atoms with Crippen molar-refractivity contribution < 1.29 is 19.7 Å². The number of hydrogen-bond donors (Lipinski definition) is 3. The maximum atomic E-state index is 10.2. The molecule has 1 aromatic carbocycles. The van der Waals surface area contributed by atoms with Crippen molar-refractivity contribution in [2.24, 2.45) is 5.73 Å². The van der Waals surface area contributed by atoms with Crippen LogP contribution in [0.1, 0.15) is 5.56 Å². The summed E-state index contributed by atoms with van der Waals surface area (Å²) in [6, 6.07) is 3.96. The smallest absolute Gasteiger partial charge is 0.404 e. The molecular weight excluding hydrogens is 174 g/mol. The molecule has 0 aliphatic heterocycles. The average molecular weight is 183 g/mol. The van der Waals surface area contributed by atoms with Gasteiger partial charge in [-0.2, -0.15) is 0 Å². The van der Waals surface area contributed by atoms with E-state index in [2.05, 4.69) is 4.74 Å². The van der Waals surface area contributed by atoms with E-state index >= 15 is 0 Å². The lowest BCUT2D eigenvalue weighted by Crippen LogP contribution is -2.12. The van der Waals surface area contributed by atoms with Gasteiger partial charge in [-0.3, -0.25) is 0 Å². The number of rotatable bonds is 2. The lowest BCUT2D eigenvalue weighted by Gasteiger charge is -2.04.